The fraction of sp³-hybridized carbons (Fsp3) is 0.333. The van der Waals surface area contributed by atoms with Crippen molar-refractivity contribution in [1.82, 2.24) is 4.90 Å². The Morgan fingerprint density at radius 3 is 2.12 bits per heavy atom. The molecule has 2 rings (SSSR count). The smallest absolute Gasteiger partial charge is 0.307 e. The number of methoxy groups -OCH3 is 2. The average molecular weight is 355 g/mol. The summed E-state index contributed by atoms with van der Waals surface area (Å²) in [6, 6.07) is 15.5. The number of carbonyl (C=O) groups is 2. The first-order valence-corrected chi connectivity index (χ1v) is 8.55. The van der Waals surface area contributed by atoms with Crippen LogP contribution < -0.4 is 4.74 Å². The second-order valence-electron chi connectivity index (χ2n) is 6.15. The van der Waals surface area contributed by atoms with E-state index in [-0.39, 0.29) is 24.7 Å². The van der Waals surface area contributed by atoms with Crippen LogP contribution in [-0.4, -0.2) is 37.5 Å². The van der Waals surface area contributed by atoms with Gasteiger partial charge in [-0.1, -0.05) is 42.0 Å². The van der Waals surface area contributed by atoms with Crippen LogP contribution >= 0.6 is 0 Å². The van der Waals surface area contributed by atoms with Gasteiger partial charge in [-0.05, 0) is 30.2 Å². The van der Waals surface area contributed by atoms with Crippen LogP contribution in [0.25, 0.3) is 0 Å². The number of ether oxygens (including phenoxy) is 2. The summed E-state index contributed by atoms with van der Waals surface area (Å²) in [7, 11) is 2.96. The molecule has 0 atom stereocenters. The van der Waals surface area contributed by atoms with Crippen LogP contribution in [0.2, 0.25) is 0 Å². The molecule has 0 heterocycles. The SMILES string of the molecule is COC(=O)CCN(Cc1ccc(C)cc1)C(=O)Cc1ccc(OC)cc1. The first kappa shape index (κ1) is 19.5. The van der Waals surface area contributed by atoms with Gasteiger partial charge >= 0.3 is 5.97 Å². The molecule has 2 aromatic rings. The molecule has 0 N–H and O–H groups in total. The van der Waals surface area contributed by atoms with E-state index in [1.165, 1.54) is 12.7 Å². The molecule has 0 aliphatic heterocycles. The summed E-state index contributed by atoms with van der Waals surface area (Å²) in [6.45, 7) is 2.81. The Hall–Kier alpha value is -2.82. The third-order valence-electron chi connectivity index (χ3n) is 4.17. The zero-order valence-electron chi connectivity index (χ0n) is 15.5. The highest BCUT2D eigenvalue weighted by atomic mass is 16.5. The monoisotopic (exact) mass is 355 g/mol. The van der Waals surface area contributed by atoms with Gasteiger partial charge in [0, 0.05) is 13.1 Å². The predicted molar refractivity (Wildman–Crippen MR) is 99.9 cm³/mol. The van der Waals surface area contributed by atoms with Gasteiger partial charge in [0.25, 0.3) is 0 Å². The molecule has 5 nitrogen and oxygen atoms in total. The van der Waals surface area contributed by atoms with Crippen LogP contribution in [0.3, 0.4) is 0 Å². The van der Waals surface area contributed by atoms with Gasteiger partial charge in [-0.3, -0.25) is 9.59 Å². The van der Waals surface area contributed by atoms with Gasteiger partial charge in [-0.15, -0.1) is 0 Å². The molecule has 0 fully saturated rings. The number of amides is 1. The van der Waals surface area contributed by atoms with Crippen LogP contribution in [0, 0.1) is 6.92 Å². The largest absolute Gasteiger partial charge is 0.497 e. The summed E-state index contributed by atoms with van der Waals surface area (Å²) < 4.78 is 9.84. The fourth-order valence-electron chi connectivity index (χ4n) is 2.56. The Morgan fingerprint density at radius 2 is 1.54 bits per heavy atom. The van der Waals surface area contributed by atoms with E-state index < -0.39 is 0 Å². The highest BCUT2D eigenvalue weighted by Crippen LogP contribution is 2.14. The molecular weight excluding hydrogens is 330 g/mol. The van der Waals surface area contributed by atoms with Crippen LogP contribution in [0.5, 0.6) is 5.75 Å². The first-order chi connectivity index (χ1) is 12.5. The van der Waals surface area contributed by atoms with E-state index >= 15 is 0 Å². The minimum Gasteiger partial charge on any atom is -0.497 e. The number of hydrogen-bond donors (Lipinski definition) is 0. The zero-order chi connectivity index (χ0) is 18.9. The van der Waals surface area contributed by atoms with Crippen LogP contribution in [0.4, 0.5) is 0 Å². The molecular formula is C21H25NO4. The Balaban J connectivity index is 2.08. The minimum atomic E-state index is -0.323. The summed E-state index contributed by atoms with van der Waals surface area (Å²) in [4.78, 5) is 26.0. The molecule has 0 aliphatic carbocycles. The minimum absolute atomic E-state index is 0.0281. The van der Waals surface area contributed by atoms with Crippen molar-refractivity contribution in [2.75, 3.05) is 20.8 Å². The van der Waals surface area contributed by atoms with Crippen molar-refractivity contribution in [2.24, 2.45) is 0 Å². The normalized spacial score (nSPS) is 10.3. The molecule has 1 amide bonds. The number of nitrogens with zero attached hydrogens (tertiary/aromatic N) is 1. The molecule has 0 spiro atoms. The summed E-state index contributed by atoms with van der Waals surface area (Å²) in [5.74, 6) is 0.402. The Labute approximate surface area is 154 Å². The van der Waals surface area contributed by atoms with E-state index in [2.05, 4.69) is 0 Å². The Bertz CT molecular complexity index is 723. The molecule has 0 unspecified atom stereocenters. The Kier molecular flexibility index (Phi) is 7.21. The van der Waals surface area contributed by atoms with E-state index in [0.29, 0.717) is 13.1 Å². The maximum atomic E-state index is 12.8. The lowest BCUT2D eigenvalue weighted by Gasteiger charge is -2.23. The topological polar surface area (TPSA) is 55.8 Å². The van der Waals surface area contributed by atoms with Gasteiger partial charge in [0.1, 0.15) is 5.75 Å². The van der Waals surface area contributed by atoms with E-state index in [0.717, 1.165) is 16.9 Å². The zero-order valence-corrected chi connectivity index (χ0v) is 15.5. The standard InChI is InChI=1S/C21H25NO4/c1-16-4-6-18(7-5-16)15-22(13-12-21(24)26-3)20(23)14-17-8-10-19(25-2)11-9-17/h4-11H,12-15H2,1-3H3. The third-order valence-corrected chi connectivity index (χ3v) is 4.17. The van der Waals surface area contributed by atoms with Crippen molar-refractivity contribution in [1.29, 1.82) is 0 Å². The van der Waals surface area contributed by atoms with Crippen molar-refractivity contribution in [2.45, 2.75) is 26.3 Å². The number of hydrogen-bond acceptors (Lipinski definition) is 4. The van der Waals surface area contributed by atoms with Gasteiger partial charge in [-0.2, -0.15) is 0 Å². The van der Waals surface area contributed by atoms with Gasteiger partial charge in [0.05, 0.1) is 27.1 Å². The molecule has 0 aromatic heterocycles. The van der Waals surface area contributed by atoms with E-state index in [1.807, 2.05) is 55.5 Å². The van der Waals surface area contributed by atoms with Crippen molar-refractivity contribution >= 4 is 11.9 Å². The van der Waals surface area contributed by atoms with E-state index in [9.17, 15) is 9.59 Å². The van der Waals surface area contributed by atoms with Crippen LogP contribution in [0.15, 0.2) is 48.5 Å². The lowest BCUT2D eigenvalue weighted by molar-refractivity contribution is -0.141. The second kappa shape index (κ2) is 9.61. The predicted octanol–water partition coefficient (Wildman–Crippen LogP) is 3.14. The van der Waals surface area contributed by atoms with Crippen molar-refractivity contribution in [3.63, 3.8) is 0 Å². The summed E-state index contributed by atoms with van der Waals surface area (Å²) in [6.07, 6.45) is 0.452. The summed E-state index contributed by atoms with van der Waals surface area (Å²) in [5.41, 5.74) is 3.10. The van der Waals surface area contributed by atoms with Gasteiger partial charge in [0.2, 0.25) is 5.91 Å². The second-order valence-corrected chi connectivity index (χ2v) is 6.15. The molecule has 0 saturated heterocycles. The maximum absolute atomic E-state index is 12.8. The maximum Gasteiger partial charge on any atom is 0.307 e. The Morgan fingerprint density at radius 1 is 0.923 bits per heavy atom. The third kappa shape index (κ3) is 5.92. The first-order valence-electron chi connectivity index (χ1n) is 8.55. The molecule has 0 bridgehead atoms. The number of rotatable bonds is 8. The van der Waals surface area contributed by atoms with Crippen LogP contribution in [0.1, 0.15) is 23.1 Å². The van der Waals surface area contributed by atoms with Gasteiger partial charge in [0.15, 0.2) is 0 Å². The number of aryl methyl sites for hydroxylation is 1. The highest BCUT2D eigenvalue weighted by molar-refractivity contribution is 5.79. The van der Waals surface area contributed by atoms with Crippen molar-refractivity contribution in [3.05, 3.63) is 65.2 Å². The molecule has 26 heavy (non-hydrogen) atoms. The number of benzene rings is 2. The fourth-order valence-corrected chi connectivity index (χ4v) is 2.56. The molecule has 0 aliphatic rings. The lowest BCUT2D eigenvalue weighted by atomic mass is 10.1. The highest BCUT2D eigenvalue weighted by Gasteiger charge is 2.16. The van der Waals surface area contributed by atoms with Crippen molar-refractivity contribution < 1.29 is 19.1 Å². The lowest BCUT2D eigenvalue weighted by Crippen LogP contribution is -2.34. The molecule has 5 heteroatoms. The molecule has 2 aromatic carbocycles. The summed E-state index contributed by atoms with van der Waals surface area (Å²) in [5, 5.41) is 0. The van der Waals surface area contributed by atoms with Gasteiger partial charge in [-0.25, -0.2) is 0 Å². The van der Waals surface area contributed by atoms with E-state index in [1.54, 1.807) is 12.0 Å². The van der Waals surface area contributed by atoms with Crippen LogP contribution in [-0.2, 0) is 27.3 Å². The van der Waals surface area contributed by atoms with Gasteiger partial charge < -0.3 is 14.4 Å². The number of carbonyl (C=O) groups excluding carboxylic acids is 2. The molecule has 0 saturated carbocycles. The molecule has 138 valence electrons. The quantitative estimate of drug-likeness (QED) is 0.683. The average Bonchev–Trinajstić information content (AvgIpc) is 2.66. The molecule has 0 radical (unpaired) electrons. The number of esters is 1. The van der Waals surface area contributed by atoms with E-state index in [4.69, 9.17) is 9.47 Å². The summed E-state index contributed by atoms with van der Waals surface area (Å²) >= 11 is 0. The van der Waals surface area contributed by atoms with Crippen molar-refractivity contribution in [3.8, 4) is 5.75 Å².